The minimum absolute atomic E-state index is 0.0832. The molecule has 1 heterocycles. The Labute approximate surface area is 76.8 Å². The van der Waals surface area contributed by atoms with Gasteiger partial charge in [-0.3, -0.25) is 9.59 Å². The predicted octanol–water partition coefficient (Wildman–Crippen LogP) is -0.974. The molecule has 1 aliphatic rings. The number of hydrogen-bond acceptors (Lipinski definition) is 3. The normalized spacial score (nSPS) is 15.6. The first kappa shape index (κ1) is 9.73. The Morgan fingerprint density at radius 2 is 2.38 bits per heavy atom. The molecule has 0 spiro atoms. The van der Waals surface area contributed by atoms with E-state index in [0.717, 1.165) is 0 Å². The van der Waals surface area contributed by atoms with Crippen molar-refractivity contribution in [2.75, 3.05) is 20.6 Å². The van der Waals surface area contributed by atoms with Gasteiger partial charge in [-0.15, -0.1) is 0 Å². The third-order valence-electron chi connectivity index (χ3n) is 1.50. The lowest BCUT2D eigenvalue weighted by Gasteiger charge is -2.10. The highest BCUT2D eigenvalue weighted by atomic mass is 16.2. The van der Waals surface area contributed by atoms with Crippen molar-refractivity contribution in [2.45, 2.75) is 6.42 Å². The molecule has 2 N–H and O–H groups in total. The van der Waals surface area contributed by atoms with Crippen LogP contribution in [0.4, 0.5) is 0 Å². The smallest absolute Gasteiger partial charge is 0.239 e. The first-order valence-electron chi connectivity index (χ1n) is 4.02. The zero-order valence-electron chi connectivity index (χ0n) is 7.76. The second kappa shape index (κ2) is 4.04. The molecule has 5 nitrogen and oxygen atoms in total. The Morgan fingerprint density at radius 3 is 2.85 bits per heavy atom. The van der Waals surface area contributed by atoms with E-state index in [9.17, 15) is 9.59 Å². The quantitative estimate of drug-likeness (QED) is 0.591. The van der Waals surface area contributed by atoms with Gasteiger partial charge in [-0.05, 0) is 20.2 Å². The maximum Gasteiger partial charge on any atom is 0.239 e. The number of amides is 2. The highest BCUT2D eigenvalue weighted by Crippen LogP contribution is 1.98. The van der Waals surface area contributed by atoms with E-state index in [2.05, 4.69) is 10.6 Å². The molecule has 0 aromatic rings. The van der Waals surface area contributed by atoms with Gasteiger partial charge in [-0.2, -0.15) is 0 Å². The lowest BCUT2D eigenvalue weighted by molar-refractivity contribution is -0.121. The summed E-state index contributed by atoms with van der Waals surface area (Å²) in [6.45, 7) is 0.313. The van der Waals surface area contributed by atoms with Gasteiger partial charge in [-0.1, -0.05) is 0 Å². The molecule has 0 aromatic heterocycles. The first-order valence-corrected chi connectivity index (χ1v) is 4.02. The first-order chi connectivity index (χ1) is 6.08. The molecule has 72 valence electrons. The Morgan fingerprint density at radius 1 is 1.69 bits per heavy atom. The summed E-state index contributed by atoms with van der Waals surface area (Å²) in [5.74, 6) is 0.287. The third-order valence-corrected chi connectivity index (χ3v) is 1.50. The molecule has 0 unspecified atom stereocenters. The Bertz CT molecular complexity index is 258. The molecule has 1 rings (SSSR count). The van der Waals surface area contributed by atoms with Crippen molar-refractivity contribution < 1.29 is 9.59 Å². The van der Waals surface area contributed by atoms with Gasteiger partial charge in [0.25, 0.3) is 0 Å². The van der Waals surface area contributed by atoms with E-state index >= 15 is 0 Å². The van der Waals surface area contributed by atoms with E-state index in [4.69, 9.17) is 0 Å². The molecule has 0 fully saturated rings. The van der Waals surface area contributed by atoms with Crippen LogP contribution in [0.2, 0.25) is 0 Å². The highest BCUT2D eigenvalue weighted by molar-refractivity contribution is 5.86. The summed E-state index contributed by atoms with van der Waals surface area (Å²) in [6.07, 6.45) is 2.01. The summed E-state index contributed by atoms with van der Waals surface area (Å²) >= 11 is 0. The fraction of sp³-hybridized carbons (Fsp3) is 0.500. The zero-order valence-corrected chi connectivity index (χ0v) is 7.76. The zero-order chi connectivity index (χ0) is 9.84. The van der Waals surface area contributed by atoms with Crippen LogP contribution in [-0.4, -0.2) is 37.4 Å². The van der Waals surface area contributed by atoms with Crippen molar-refractivity contribution in [1.82, 2.24) is 15.5 Å². The van der Waals surface area contributed by atoms with E-state index in [0.29, 0.717) is 18.8 Å². The number of carbonyl (C=O) groups is 2. The summed E-state index contributed by atoms with van der Waals surface area (Å²) in [6, 6.07) is 0. The molecule has 0 aliphatic carbocycles. The van der Waals surface area contributed by atoms with Crippen LogP contribution in [0.3, 0.4) is 0 Å². The van der Waals surface area contributed by atoms with Crippen molar-refractivity contribution in [3.63, 3.8) is 0 Å². The fourth-order valence-electron chi connectivity index (χ4n) is 1.01. The Balaban J connectivity index is 2.33. The molecule has 0 radical (unpaired) electrons. The number of nitrogens with one attached hydrogen (secondary N) is 2. The van der Waals surface area contributed by atoms with Crippen molar-refractivity contribution in [3.05, 3.63) is 11.9 Å². The van der Waals surface area contributed by atoms with Crippen LogP contribution in [0.5, 0.6) is 0 Å². The average molecular weight is 183 g/mol. The maximum absolute atomic E-state index is 11.2. The topological polar surface area (TPSA) is 61.4 Å². The maximum atomic E-state index is 11.2. The van der Waals surface area contributed by atoms with Gasteiger partial charge in [0.05, 0.1) is 6.54 Å². The largest absolute Gasteiger partial charge is 0.312 e. The minimum Gasteiger partial charge on any atom is -0.312 e. The van der Waals surface area contributed by atoms with Crippen LogP contribution in [0, 0.1) is 0 Å². The molecule has 1 aliphatic heterocycles. The second-order valence-electron chi connectivity index (χ2n) is 3.16. The Kier molecular flexibility index (Phi) is 3.02. The van der Waals surface area contributed by atoms with Gasteiger partial charge in [0.2, 0.25) is 11.8 Å². The average Bonchev–Trinajstić information content (AvgIpc) is 2.33. The number of hydrogen-bond donors (Lipinski definition) is 2. The van der Waals surface area contributed by atoms with Crippen molar-refractivity contribution >= 4 is 11.8 Å². The van der Waals surface area contributed by atoms with Crippen LogP contribution < -0.4 is 10.6 Å². The molecule has 0 bridgehead atoms. The van der Waals surface area contributed by atoms with Crippen molar-refractivity contribution in [1.29, 1.82) is 0 Å². The molecular weight excluding hydrogens is 170 g/mol. The van der Waals surface area contributed by atoms with Gasteiger partial charge in [0, 0.05) is 6.42 Å². The Hall–Kier alpha value is -1.36. The number of rotatable bonds is 3. The van der Waals surface area contributed by atoms with E-state index in [-0.39, 0.29) is 11.8 Å². The molecule has 0 aromatic carbocycles. The molecule has 0 saturated carbocycles. The van der Waals surface area contributed by atoms with Crippen LogP contribution in [0.25, 0.3) is 0 Å². The summed E-state index contributed by atoms with van der Waals surface area (Å²) in [4.78, 5) is 23.7. The third kappa shape index (κ3) is 3.25. The number of likely N-dealkylation sites (N-methyl/N-ethyl adjacent to an activating group) is 1. The number of carbonyl (C=O) groups excluding carboxylic acids is 2. The molecule has 13 heavy (non-hydrogen) atoms. The monoisotopic (exact) mass is 183 g/mol. The second-order valence-corrected chi connectivity index (χ2v) is 3.16. The van der Waals surface area contributed by atoms with E-state index in [1.807, 2.05) is 0 Å². The molecular formula is C8H13N3O2. The predicted molar refractivity (Wildman–Crippen MR) is 47.5 cm³/mol. The molecule has 5 heteroatoms. The summed E-state index contributed by atoms with van der Waals surface area (Å²) < 4.78 is 0. The van der Waals surface area contributed by atoms with Crippen LogP contribution in [0.1, 0.15) is 6.42 Å². The fourth-order valence-corrected chi connectivity index (χ4v) is 1.01. The highest BCUT2D eigenvalue weighted by Gasteiger charge is 2.13. The van der Waals surface area contributed by atoms with E-state index in [1.165, 1.54) is 0 Å². The molecule has 0 saturated heterocycles. The lowest BCUT2D eigenvalue weighted by Crippen LogP contribution is -2.36. The lowest BCUT2D eigenvalue weighted by atomic mass is 10.4. The van der Waals surface area contributed by atoms with Gasteiger partial charge in [0.15, 0.2) is 0 Å². The van der Waals surface area contributed by atoms with Crippen LogP contribution in [-0.2, 0) is 9.59 Å². The summed E-state index contributed by atoms with van der Waals surface area (Å²) in [5.41, 5.74) is 0. The molecule has 2 amide bonds. The molecule has 0 atom stereocenters. The summed E-state index contributed by atoms with van der Waals surface area (Å²) in [7, 11) is 3.61. The summed E-state index contributed by atoms with van der Waals surface area (Å²) in [5, 5.41) is 5.12. The number of nitrogens with zero attached hydrogens (tertiary/aromatic N) is 1. The van der Waals surface area contributed by atoms with Crippen LogP contribution >= 0.6 is 0 Å². The van der Waals surface area contributed by atoms with E-state index < -0.39 is 0 Å². The standard InChI is InChI=1S/C8H13N3O2/c1-11(2)5-8(13)10-6-3-4-7(12)9-6/h3H,4-5H2,1-2H3,(H,9,12)(H,10,13). The van der Waals surface area contributed by atoms with Crippen LogP contribution in [0.15, 0.2) is 11.9 Å². The van der Waals surface area contributed by atoms with Gasteiger partial charge in [0.1, 0.15) is 5.82 Å². The van der Waals surface area contributed by atoms with Gasteiger partial charge in [-0.25, -0.2) is 0 Å². The van der Waals surface area contributed by atoms with Gasteiger partial charge < -0.3 is 15.5 Å². The SMILES string of the molecule is CN(C)CC(=O)NC1=CCC(=O)N1. The van der Waals surface area contributed by atoms with Crippen molar-refractivity contribution in [2.24, 2.45) is 0 Å². The van der Waals surface area contributed by atoms with E-state index in [1.54, 1.807) is 25.1 Å². The van der Waals surface area contributed by atoms with Gasteiger partial charge >= 0.3 is 0 Å². The van der Waals surface area contributed by atoms with Crippen molar-refractivity contribution in [3.8, 4) is 0 Å². The minimum atomic E-state index is -0.126.